The SMILES string of the molecule is CCCc1nnsc1C(=O)N1C[C@H]2C[C@@H](Oc3ccc(C)nc3C)[C@H](O)C[C@H]2C1. The summed E-state index contributed by atoms with van der Waals surface area (Å²) in [6, 6.07) is 3.85. The van der Waals surface area contributed by atoms with Gasteiger partial charge in [-0.2, -0.15) is 0 Å². The van der Waals surface area contributed by atoms with Gasteiger partial charge in [-0.3, -0.25) is 9.78 Å². The lowest BCUT2D eigenvalue weighted by atomic mass is 9.78. The normalized spacial score (nSPS) is 26.4. The maximum absolute atomic E-state index is 13.0. The number of likely N-dealkylation sites (tertiary alicyclic amines) is 1. The molecule has 7 nitrogen and oxygen atoms in total. The summed E-state index contributed by atoms with van der Waals surface area (Å²) in [6.45, 7) is 7.33. The average Bonchev–Trinajstić information content (AvgIpc) is 3.30. The highest BCUT2D eigenvalue weighted by molar-refractivity contribution is 7.08. The zero-order valence-corrected chi connectivity index (χ0v) is 18.0. The monoisotopic (exact) mass is 416 g/mol. The molecule has 156 valence electrons. The van der Waals surface area contributed by atoms with E-state index >= 15 is 0 Å². The quantitative estimate of drug-likeness (QED) is 0.806. The molecule has 8 heteroatoms. The second-order valence-corrected chi connectivity index (χ2v) is 9.01. The van der Waals surface area contributed by atoms with Crippen LogP contribution in [0.25, 0.3) is 0 Å². The predicted octanol–water partition coefficient (Wildman–Crippen LogP) is 2.79. The molecular weight excluding hydrogens is 388 g/mol. The highest BCUT2D eigenvalue weighted by Crippen LogP contribution is 2.39. The Kier molecular flexibility index (Phi) is 5.83. The first-order valence-corrected chi connectivity index (χ1v) is 11.1. The molecule has 1 aliphatic carbocycles. The fourth-order valence-corrected chi connectivity index (χ4v) is 5.24. The number of aliphatic hydroxyl groups excluding tert-OH is 1. The number of aryl methyl sites for hydroxylation is 3. The van der Waals surface area contributed by atoms with Gasteiger partial charge in [0.05, 0.1) is 17.5 Å². The van der Waals surface area contributed by atoms with E-state index in [1.54, 1.807) is 0 Å². The van der Waals surface area contributed by atoms with Crippen molar-refractivity contribution in [2.24, 2.45) is 11.8 Å². The summed E-state index contributed by atoms with van der Waals surface area (Å²) < 4.78 is 10.1. The van der Waals surface area contributed by atoms with Gasteiger partial charge in [0.1, 0.15) is 16.7 Å². The summed E-state index contributed by atoms with van der Waals surface area (Å²) in [4.78, 5) is 20.1. The van der Waals surface area contributed by atoms with E-state index in [4.69, 9.17) is 4.74 Å². The molecule has 4 rings (SSSR count). The molecule has 29 heavy (non-hydrogen) atoms. The third-order valence-corrected chi connectivity index (χ3v) is 6.82. The minimum absolute atomic E-state index is 0.0309. The number of amides is 1. The Balaban J connectivity index is 1.43. The molecule has 2 fully saturated rings. The molecule has 2 aromatic rings. The first kappa shape index (κ1) is 20.2. The Morgan fingerprint density at radius 2 is 2.03 bits per heavy atom. The van der Waals surface area contributed by atoms with E-state index in [2.05, 4.69) is 21.5 Å². The lowest BCUT2D eigenvalue weighted by Gasteiger charge is -2.35. The number of carbonyl (C=O) groups excluding carboxylic acids is 1. The maximum Gasteiger partial charge on any atom is 0.267 e. The number of aromatic nitrogens is 3. The molecule has 0 unspecified atom stereocenters. The van der Waals surface area contributed by atoms with Crippen molar-refractivity contribution in [1.82, 2.24) is 19.5 Å². The standard InChI is InChI=1S/C21H28N4O3S/c1-4-5-16-20(29-24-23-16)21(27)25-10-14-8-17(26)19(9-15(14)11-25)28-18-7-6-12(2)22-13(18)3/h6-7,14-15,17,19,26H,4-5,8-11H2,1-3H3/t14-,15+,17+,19+/m0/s1. The topological polar surface area (TPSA) is 88.4 Å². The van der Waals surface area contributed by atoms with Gasteiger partial charge in [0.25, 0.3) is 5.91 Å². The van der Waals surface area contributed by atoms with Crippen LogP contribution in [-0.2, 0) is 6.42 Å². The molecule has 2 aromatic heterocycles. The summed E-state index contributed by atoms with van der Waals surface area (Å²) >= 11 is 1.19. The van der Waals surface area contributed by atoms with E-state index in [0.717, 1.165) is 42.1 Å². The van der Waals surface area contributed by atoms with Gasteiger partial charge in [-0.25, -0.2) is 0 Å². The van der Waals surface area contributed by atoms with Gasteiger partial charge < -0.3 is 14.7 Å². The third kappa shape index (κ3) is 4.14. The van der Waals surface area contributed by atoms with Gasteiger partial charge in [0.2, 0.25) is 0 Å². The average molecular weight is 417 g/mol. The number of aliphatic hydroxyl groups is 1. The Bertz CT molecular complexity index is 887. The highest BCUT2D eigenvalue weighted by Gasteiger charge is 2.44. The first-order chi connectivity index (χ1) is 14.0. The van der Waals surface area contributed by atoms with E-state index in [0.29, 0.717) is 36.2 Å². The first-order valence-electron chi connectivity index (χ1n) is 10.4. The summed E-state index contributed by atoms with van der Waals surface area (Å²) in [5, 5.41) is 14.8. The lowest BCUT2D eigenvalue weighted by molar-refractivity contribution is -0.0236. The smallest absolute Gasteiger partial charge is 0.267 e. The molecule has 0 radical (unpaired) electrons. The number of hydrogen-bond donors (Lipinski definition) is 1. The van der Waals surface area contributed by atoms with Gasteiger partial charge in [0.15, 0.2) is 0 Å². The molecule has 0 spiro atoms. The fourth-order valence-electron chi connectivity index (χ4n) is 4.56. The fraction of sp³-hybridized carbons (Fsp3) is 0.619. The molecule has 0 bridgehead atoms. The van der Waals surface area contributed by atoms with Gasteiger partial charge in [-0.05, 0) is 68.6 Å². The molecule has 1 saturated heterocycles. The number of rotatable bonds is 5. The minimum atomic E-state index is -0.535. The largest absolute Gasteiger partial charge is 0.486 e. The van der Waals surface area contributed by atoms with Crippen LogP contribution < -0.4 is 4.74 Å². The van der Waals surface area contributed by atoms with Crippen LogP contribution in [0.1, 0.15) is 52.9 Å². The van der Waals surface area contributed by atoms with Crippen molar-refractivity contribution in [3.63, 3.8) is 0 Å². The molecule has 3 heterocycles. The van der Waals surface area contributed by atoms with Gasteiger partial charge >= 0.3 is 0 Å². The molecule has 1 saturated carbocycles. The van der Waals surface area contributed by atoms with Crippen molar-refractivity contribution in [3.05, 3.63) is 34.1 Å². The molecule has 0 aromatic carbocycles. The van der Waals surface area contributed by atoms with Crippen LogP contribution in [0.5, 0.6) is 5.75 Å². The highest BCUT2D eigenvalue weighted by atomic mass is 32.1. The zero-order valence-electron chi connectivity index (χ0n) is 17.2. The predicted molar refractivity (Wildman–Crippen MR) is 110 cm³/mol. The van der Waals surface area contributed by atoms with E-state index in [9.17, 15) is 9.90 Å². The van der Waals surface area contributed by atoms with Crippen LogP contribution in [0.4, 0.5) is 0 Å². The number of hydrogen-bond acceptors (Lipinski definition) is 7. The van der Waals surface area contributed by atoms with Crippen LogP contribution in [0.15, 0.2) is 12.1 Å². The van der Waals surface area contributed by atoms with E-state index in [1.807, 2.05) is 30.9 Å². The molecule has 1 amide bonds. The summed E-state index contributed by atoms with van der Waals surface area (Å²) in [5.74, 6) is 1.40. The molecule has 1 N–H and O–H groups in total. The van der Waals surface area contributed by atoms with Crippen LogP contribution in [0.3, 0.4) is 0 Å². The number of fused-ring (bicyclic) bond motifs is 1. The Hall–Kier alpha value is -2.06. The van der Waals surface area contributed by atoms with Crippen LogP contribution >= 0.6 is 11.5 Å². The van der Waals surface area contributed by atoms with Crippen molar-refractivity contribution < 1.29 is 14.6 Å². The Morgan fingerprint density at radius 3 is 2.76 bits per heavy atom. The molecule has 2 aliphatic rings. The molecule has 1 aliphatic heterocycles. The van der Waals surface area contributed by atoms with Crippen molar-refractivity contribution in [2.45, 2.75) is 58.7 Å². The van der Waals surface area contributed by atoms with E-state index < -0.39 is 6.10 Å². The minimum Gasteiger partial charge on any atom is -0.486 e. The summed E-state index contributed by atoms with van der Waals surface area (Å²) in [7, 11) is 0. The Morgan fingerprint density at radius 1 is 1.28 bits per heavy atom. The maximum atomic E-state index is 13.0. The van der Waals surface area contributed by atoms with Crippen LogP contribution in [-0.4, -0.2) is 55.8 Å². The van der Waals surface area contributed by atoms with Gasteiger partial charge in [-0.15, -0.1) is 5.10 Å². The lowest BCUT2D eigenvalue weighted by Crippen LogP contribution is -2.42. The van der Waals surface area contributed by atoms with Crippen molar-refractivity contribution in [1.29, 1.82) is 0 Å². The number of carbonyl (C=O) groups is 1. The van der Waals surface area contributed by atoms with E-state index in [1.165, 1.54) is 11.5 Å². The van der Waals surface area contributed by atoms with Crippen molar-refractivity contribution in [2.75, 3.05) is 13.1 Å². The zero-order chi connectivity index (χ0) is 20.5. The second kappa shape index (κ2) is 8.36. The number of pyridine rings is 1. The second-order valence-electron chi connectivity index (χ2n) is 8.26. The Labute approximate surface area is 175 Å². The van der Waals surface area contributed by atoms with Crippen molar-refractivity contribution >= 4 is 17.4 Å². The van der Waals surface area contributed by atoms with Gasteiger partial charge in [0, 0.05) is 18.8 Å². The number of ether oxygens (including phenoxy) is 1. The summed E-state index contributed by atoms with van der Waals surface area (Å²) in [5.41, 5.74) is 2.59. The molecule has 4 atom stereocenters. The van der Waals surface area contributed by atoms with E-state index in [-0.39, 0.29) is 12.0 Å². The number of nitrogens with zero attached hydrogens (tertiary/aromatic N) is 4. The van der Waals surface area contributed by atoms with Gasteiger partial charge in [-0.1, -0.05) is 17.8 Å². The van der Waals surface area contributed by atoms with Crippen molar-refractivity contribution in [3.8, 4) is 5.75 Å². The van der Waals surface area contributed by atoms with Crippen LogP contribution in [0, 0.1) is 25.7 Å². The summed E-state index contributed by atoms with van der Waals surface area (Å²) in [6.07, 6.45) is 2.31. The molecular formula is C21H28N4O3S. The van der Waals surface area contributed by atoms with Crippen LogP contribution in [0.2, 0.25) is 0 Å². The third-order valence-electron chi connectivity index (χ3n) is 6.06.